The first-order valence-corrected chi connectivity index (χ1v) is 13.6. The lowest BCUT2D eigenvalue weighted by atomic mass is 9.94. The molecule has 0 saturated carbocycles. The topological polar surface area (TPSA) is 103 Å². The average molecular weight is 579 g/mol. The second-order valence-electron chi connectivity index (χ2n) is 9.66. The van der Waals surface area contributed by atoms with E-state index in [0.717, 1.165) is 16.7 Å². The van der Waals surface area contributed by atoms with Crippen molar-refractivity contribution in [1.29, 1.82) is 0 Å². The minimum atomic E-state index is -0.629. The van der Waals surface area contributed by atoms with Gasteiger partial charge in [0.15, 0.2) is 17.3 Å². The van der Waals surface area contributed by atoms with E-state index in [9.17, 15) is 4.79 Å². The number of hydrogen-bond donors (Lipinski definition) is 2. The number of aromatic nitrogens is 4. The largest absolute Gasteiger partial charge is 0.493 e. The molecule has 1 amide bonds. The van der Waals surface area contributed by atoms with E-state index in [4.69, 9.17) is 31.2 Å². The summed E-state index contributed by atoms with van der Waals surface area (Å²) in [6.07, 6.45) is 3.25. The summed E-state index contributed by atoms with van der Waals surface area (Å²) >= 11 is 6.25. The minimum absolute atomic E-state index is 0.299. The van der Waals surface area contributed by atoms with Crippen molar-refractivity contribution in [3.63, 3.8) is 0 Å². The fraction of sp³-hybridized carbons (Fsp3) is 0.125. The van der Waals surface area contributed by atoms with Crippen LogP contribution in [0.2, 0.25) is 5.02 Å². The molecule has 0 saturated heterocycles. The Bertz CT molecular complexity index is 1770. The summed E-state index contributed by atoms with van der Waals surface area (Å²) in [4.78, 5) is 22.7. The van der Waals surface area contributed by atoms with Crippen molar-refractivity contribution in [2.75, 3.05) is 17.7 Å². The first kappa shape index (κ1) is 27.0. The Morgan fingerprint density at radius 1 is 1.02 bits per heavy atom. The number of allylic oxidation sites excluding steroid dienone is 1. The van der Waals surface area contributed by atoms with Crippen LogP contribution in [-0.2, 0) is 11.4 Å². The zero-order valence-corrected chi connectivity index (χ0v) is 23.7. The van der Waals surface area contributed by atoms with Crippen molar-refractivity contribution in [3.05, 3.63) is 125 Å². The molecule has 6 rings (SSSR count). The van der Waals surface area contributed by atoms with Crippen LogP contribution in [0.25, 0.3) is 11.4 Å². The van der Waals surface area contributed by atoms with Gasteiger partial charge in [-0.05, 0) is 54.4 Å². The molecular weight excluding hydrogens is 552 g/mol. The molecule has 42 heavy (non-hydrogen) atoms. The van der Waals surface area contributed by atoms with Crippen LogP contribution in [0.1, 0.15) is 24.1 Å². The second-order valence-corrected chi connectivity index (χ2v) is 10.1. The van der Waals surface area contributed by atoms with Crippen molar-refractivity contribution < 1.29 is 14.3 Å². The normalized spacial score (nSPS) is 14.1. The predicted octanol–water partition coefficient (Wildman–Crippen LogP) is 6.51. The van der Waals surface area contributed by atoms with Gasteiger partial charge in [0.05, 0.1) is 24.6 Å². The van der Waals surface area contributed by atoms with Gasteiger partial charge in [0.1, 0.15) is 12.6 Å². The molecule has 2 N–H and O–H groups in total. The van der Waals surface area contributed by atoms with Gasteiger partial charge in [-0.1, -0.05) is 60.1 Å². The van der Waals surface area contributed by atoms with Crippen LogP contribution in [0, 0.1) is 0 Å². The average Bonchev–Trinajstić information content (AvgIpc) is 3.44. The summed E-state index contributed by atoms with van der Waals surface area (Å²) in [7, 11) is 1.59. The molecule has 0 fully saturated rings. The molecule has 210 valence electrons. The predicted molar refractivity (Wildman–Crippen MR) is 162 cm³/mol. The Balaban J connectivity index is 1.41. The van der Waals surface area contributed by atoms with E-state index in [-0.39, 0.29) is 5.91 Å². The summed E-state index contributed by atoms with van der Waals surface area (Å²) in [5.74, 6) is 1.78. The number of fused-ring (bicyclic) bond motifs is 1. The van der Waals surface area contributed by atoms with Crippen molar-refractivity contribution in [2.45, 2.75) is 19.6 Å². The highest BCUT2D eigenvalue weighted by Crippen LogP contribution is 2.40. The van der Waals surface area contributed by atoms with E-state index >= 15 is 0 Å². The highest BCUT2D eigenvalue weighted by molar-refractivity contribution is 6.30. The summed E-state index contributed by atoms with van der Waals surface area (Å²) in [6, 6.07) is 25.8. The summed E-state index contributed by atoms with van der Waals surface area (Å²) in [5.41, 5.74) is 4.24. The first-order valence-electron chi connectivity index (χ1n) is 13.3. The maximum atomic E-state index is 13.8. The Kier molecular flexibility index (Phi) is 7.57. The number of nitrogens with one attached hydrogen (secondary N) is 2. The molecule has 1 aliphatic heterocycles. The number of anilines is 2. The molecule has 3 heterocycles. The van der Waals surface area contributed by atoms with E-state index < -0.39 is 6.04 Å². The van der Waals surface area contributed by atoms with Gasteiger partial charge in [-0.2, -0.15) is 4.98 Å². The van der Waals surface area contributed by atoms with E-state index in [0.29, 0.717) is 51.9 Å². The first-order chi connectivity index (χ1) is 20.5. The fourth-order valence-corrected chi connectivity index (χ4v) is 5.04. The number of ether oxygens (including phenoxy) is 2. The van der Waals surface area contributed by atoms with Gasteiger partial charge < -0.3 is 20.1 Å². The van der Waals surface area contributed by atoms with E-state index in [1.165, 1.54) is 0 Å². The van der Waals surface area contributed by atoms with Crippen molar-refractivity contribution in [2.24, 2.45) is 0 Å². The number of pyridine rings is 1. The Hall–Kier alpha value is -5.15. The number of carbonyl (C=O) groups is 1. The highest BCUT2D eigenvalue weighted by atomic mass is 35.5. The molecule has 0 bridgehead atoms. The van der Waals surface area contributed by atoms with E-state index in [2.05, 4.69) is 15.6 Å². The van der Waals surface area contributed by atoms with Crippen LogP contribution in [-0.4, -0.2) is 32.8 Å². The smallest absolute Gasteiger partial charge is 0.255 e. The number of methoxy groups -OCH3 is 1. The summed E-state index contributed by atoms with van der Waals surface area (Å²) in [5, 5.41) is 11.6. The molecule has 10 heteroatoms. The van der Waals surface area contributed by atoms with Crippen LogP contribution in [0.5, 0.6) is 11.5 Å². The van der Waals surface area contributed by atoms with Crippen LogP contribution < -0.4 is 20.1 Å². The maximum Gasteiger partial charge on any atom is 0.255 e. The molecule has 1 aliphatic rings. The summed E-state index contributed by atoms with van der Waals surface area (Å²) in [6.45, 7) is 2.23. The highest BCUT2D eigenvalue weighted by Gasteiger charge is 2.35. The standard InChI is InChI=1S/C32H27ClN6O3/c1-20-28(31(40)36-25-12-7-15-34-18-25)29(39-32(35-20)37-30(38-39)23-10-6-11-24(33)16-23)22-13-14-26(27(17-22)41-2)42-19-21-8-4-3-5-9-21/h3-18,29H,19H2,1-2H3,(H,36,40)(H,35,37,38). The molecule has 5 aromatic rings. The molecule has 0 spiro atoms. The number of halogens is 1. The molecule has 1 unspecified atom stereocenters. The van der Waals surface area contributed by atoms with Gasteiger partial charge in [-0.3, -0.25) is 9.78 Å². The van der Waals surface area contributed by atoms with E-state index in [1.54, 1.807) is 48.5 Å². The monoisotopic (exact) mass is 578 g/mol. The maximum absolute atomic E-state index is 13.8. The SMILES string of the molecule is COc1cc(C2C(C(=O)Nc3cccnc3)=C(C)Nc3nc(-c4cccc(Cl)c4)nn32)ccc1OCc1ccccc1. The van der Waals surface area contributed by atoms with Gasteiger partial charge in [-0.15, -0.1) is 5.10 Å². The van der Waals surface area contributed by atoms with E-state index in [1.807, 2.05) is 67.6 Å². The number of rotatable bonds is 8. The van der Waals surface area contributed by atoms with Crippen molar-refractivity contribution in [1.82, 2.24) is 19.7 Å². The zero-order chi connectivity index (χ0) is 29.1. The van der Waals surface area contributed by atoms with Gasteiger partial charge >= 0.3 is 0 Å². The van der Waals surface area contributed by atoms with Gasteiger partial charge in [-0.25, -0.2) is 4.68 Å². The number of hydrogen-bond acceptors (Lipinski definition) is 7. The second kappa shape index (κ2) is 11.8. The molecule has 0 radical (unpaired) electrons. The molecule has 0 aliphatic carbocycles. The molecule has 1 atom stereocenters. The number of nitrogens with zero attached hydrogens (tertiary/aromatic N) is 4. The number of carbonyl (C=O) groups excluding carboxylic acids is 1. The van der Waals surface area contributed by atoms with Crippen LogP contribution >= 0.6 is 11.6 Å². The van der Waals surface area contributed by atoms with Crippen LogP contribution in [0.15, 0.2) is 109 Å². The van der Waals surface area contributed by atoms with Crippen LogP contribution in [0.4, 0.5) is 11.6 Å². The van der Waals surface area contributed by atoms with Crippen molar-refractivity contribution in [3.8, 4) is 22.9 Å². The number of amides is 1. The molecule has 3 aromatic carbocycles. The Morgan fingerprint density at radius 3 is 2.64 bits per heavy atom. The Labute approximate surface area is 247 Å². The molecular formula is C32H27ClN6O3. The molecule has 2 aromatic heterocycles. The number of benzene rings is 3. The minimum Gasteiger partial charge on any atom is -0.493 e. The van der Waals surface area contributed by atoms with Gasteiger partial charge in [0, 0.05) is 22.5 Å². The Morgan fingerprint density at radius 2 is 1.88 bits per heavy atom. The zero-order valence-electron chi connectivity index (χ0n) is 22.9. The third-order valence-electron chi connectivity index (χ3n) is 6.84. The van der Waals surface area contributed by atoms with Crippen LogP contribution in [0.3, 0.4) is 0 Å². The third kappa shape index (κ3) is 5.55. The third-order valence-corrected chi connectivity index (χ3v) is 7.08. The van der Waals surface area contributed by atoms with Gasteiger partial charge in [0.25, 0.3) is 5.91 Å². The lowest BCUT2D eigenvalue weighted by Crippen LogP contribution is -2.31. The van der Waals surface area contributed by atoms with Gasteiger partial charge in [0.2, 0.25) is 5.95 Å². The summed E-state index contributed by atoms with van der Waals surface area (Å²) < 4.78 is 13.5. The molecule has 9 nitrogen and oxygen atoms in total. The van der Waals surface area contributed by atoms with Crippen molar-refractivity contribution >= 4 is 29.1 Å². The lowest BCUT2D eigenvalue weighted by molar-refractivity contribution is -0.113. The quantitative estimate of drug-likeness (QED) is 0.216. The fourth-order valence-electron chi connectivity index (χ4n) is 4.85. The lowest BCUT2D eigenvalue weighted by Gasteiger charge is -2.29.